The Balaban J connectivity index is 1.78. The summed E-state index contributed by atoms with van der Waals surface area (Å²) >= 11 is 7.62. The number of hydrogen-bond donors (Lipinski definition) is 0. The van der Waals surface area contributed by atoms with Crippen molar-refractivity contribution < 1.29 is 0 Å². The van der Waals surface area contributed by atoms with Gasteiger partial charge in [-0.3, -0.25) is 0 Å². The first-order chi connectivity index (χ1) is 8.54. The molecule has 3 aliphatic heterocycles. The van der Waals surface area contributed by atoms with Crippen molar-refractivity contribution in [3.05, 3.63) is 0 Å². The molecule has 1 saturated carbocycles. The van der Waals surface area contributed by atoms with E-state index in [1.807, 2.05) is 11.8 Å². The summed E-state index contributed by atoms with van der Waals surface area (Å²) in [5.74, 6) is 1.00. The minimum atomic E-state index is 0.577. The maximum absolute atomic E-state index is 5.62. The normalized spacial score (nSPS) is 43.0. The Labute approximate surface area is 122 Å². The van der Waals surface area contributed by atoms with Crippen LogP contribution in [-0.4, -0.2) is 33.8 Å². The van der Waals surface area contributed by atoms with E-state index in [1.165, 1.54) is 43.7 Å². The van der Waals surface area contributed by atoms with Crippen LogP contribution in [0.3, 0.4) is 0 Å². The number of thioether (sulfide) groups is 1. The van der Waals surface area contributed by atoms with E-state index in [0.717, 1.165) is 17.1 Å². The van der Waals surface area contributed by atoms with E-state index in [2.05, 4.69) is 25.7 Å². The maximum atomic E-state index is 5.62. The van der Waals surface area contributed by atoms with Crippen LogP contribution in [0.5, 0.6) is 0 Å². The molecule has 1 aliphatic carbocycles. The van der Waals surface area contributed by atoms with E-state index >= 15 is 0 Å². The van der Waals surface area contributed by atoms with Crippen LogP contribution in [0, 0.1) is 0 Å². The van der Waals surface area contributed by atoms with Crippen LogP contribution in [0.4, 0.5) is 0 Å². The van der Waals surface area contributed by atoms with Gasteiger partial charge in [0, 0.05) is 17.3 Å². The van der Waals surface area contributed by atoms with Gasteiger partial charge in [-0.15, -0.1) is 0 Å². The fourth-order valence-electron chi connectivity index (χ4n) is 4.49. The topological polar surface area (TPSA) is 3.24 Å². The lowest BCUT2D eigenvalue weighted by atomic mass is 9.28. The summed E-state index contributed by atoms with van der Waals surface area (Å²) in [6.07, 6.45) is 7.12. The number of nitrogens with zero attached hydrogens (tertiary/aromatic N) is 1. The average Bonchev–Trinajstić information content (AvgIpc) is 2.53. The van der Waals surface area contributed by atoms with Crippen LogP contribution >= 0.6 is 24.0 Å². The number of thiocarbonyl (C=S) groups is 1. The molecule has 0 aromatic heterocycles. The molecule has 4 aliphatic rings. The summed E-state index contributed by atoms with van der Waals surface area (Å²) in [5.41, 5.74) is 0. The van der Waals surface area contributed by atoms with Crippen LogP contribution in [-0.2, 0) is 0 Å². The lowest BCUT2D eigenvalue weighted by Gasteiger charge is -2.51. The predicted octanol–water partition coefficient (Wildman–Crippen LogP) is 3.85. The van der Waals surface area contributed by atoms with Gasteiger partial charge in [0.05, 0.1) is 0 Å². The highest BCUT2D eigenvalue weighted by Crippen LogP contribution is 2.60. The molecule has 4 fully saturated rings. The lowest BCUT2D eigenvalue weighted by Crippen LogP contribution is -2.47. The zero-order chi connectivity index (χ0) is 12.9. The van der Waals surface area contributed by atoms with Gasteiger partial charge < -0.3 is 4.90 Å². The van der Waals surface area contributed by atoms with Gasteiger partial charge in [-0.25, -0.2) is 0 Å². The van der Waals surface area contributed by atoms with Crippen molar-refractivity contribution in [2.75, 3.05) is 0 Å². The smallest absolute Gasteiger partial charge is 0.137 e. The van der Waals surface area contributed by atoms with Gasteiger partial charge in [0.1, 0.15) is 11.6 Å². The third-order valence-electron chi connectivity index (χ3n) is 5.54. The van der Waals surface area contributed by atoms with Crippen LogP contribution in [0.15, 0.2) is 0 Å². The molecule has 1 nitrogen and oxygen atoms in total. The Morgan fingerprint density at radius 3 is 2.89 bits per heavy atom. The van der Waals surface area contributed by atoms with Crippen molar-refractivity contribution in [3.63, 3.8) is 0 Å². The fraction of sp³-hybridized carbons (Fsp3) is 0.929. The Morgan fingerprint density at radius 2 is 2.28 bits per heavy atom. The van der Waals surface area contributed by atoms with Crippen LogP contribution in [0.2, 0.25) is 11.1 Å². The third kappa shape index (κ3) is 2.04. The predicted molar refractivity (Wildman–Crippen MR) is 87.1 cm³/mol. The molecule has 18 heavy (non-hydrogen) atoms. The second kappa shape index (κ2) is 4.69. The Bertz CT molecular complexity index is 352. The molecule has 4 unspecified atom stereocenters. The first-order valence-corrected chi connectivity index (χ1v) is 8.82. The summed E-state index contributed by atoms with van der Waals surface area (Å²) in [5, 5.41) is 1.51. The fourth-order valence-corrected chi connectivity index (χ4v) is 6.73. The van der Waals surface area contributed by atoms with Gasteiger partial charge in [-0.2, -0.15) is 0 Å². The van der Waals surface area contributed by atoms with Gasteiger partial charge in [0.25, 0.3) is 0 Å². The molecule has 4 atom stereocenters. The van der Waals surface area contributed by atoms with Crippen molar-refractivity contribution in [2.45, 2.75) is 81.3 Å². The highest BCUT2D eigenvalue weighted by Gasteiger charge is 2.50. The average molecular weight is 281 g/mol. The molecule has 100 valence electrons. The SMILES string of the molecule is CCC12BC(CC3SC(=S)N(C(C)C)C3CC1)C2. The second-order valence-electron chi connectivity index (χ2n) is 6.89. The zero-order valence-electron chi connectivity index (χ0n) is 11.8. The standard InChI is InChI=1S/C14H24BNS2/c1-4-14-6-5-11-12(7-10(8-14)15-14)18-13(17)16(11)9(2)3/h9-12,15H,4-8H2,1-3H3. The number of hydrogen-bond acceptors (Lipinski definition) is 2. The maximum Gasteiger partial charge on any atom is 0.137 e. The van der Waals surface area contributed by atoms with Crippen molar-refractivity contribution in [1.82, 2.24) is 4.90 Å². The summed E-state index contributed by atoms with van der Waals surface area (Å²) < 4.78 is 1.17. The van der Waals surface area contributed by atoms with Gasteiger partial charge >= 0.3 is 0 Å². The molecule has 0 aromatic rings. The summed E-state index contributed by atoms with van der Waals surface area (Å²) in [6, 6.07) is 1.31. The van der Waals surface area contributed by atoms with E-state index in [0.29, 0.717) is 11.4 Å². The minimum absolute atomic E-state index is 0.577. The highest BCUT2D eigenvalue weighted by atomic mass is 32.2. The molecule has 0 radical (unpaired) electrons. The molecular formula is C14H24BNS2. The third-order valence-corrected chi connectivity index (χ3v) is 7.26. The largest absolute Gasteiger partial charge is 0.351 e. The first kappa shape index (κ1) is 13.3. The van der Waals surface area contributed by atoms with Gasteiger partial charge in [0.15, 0.2) is 0 Å². The molecule has 3 heterocycles. The molecule has 4 heteroatoms. The Kier molecular flexibility index (Phi) is 3.47. The van der Waals surface area contributed by atoms with E-state index in [9.17, 15) is 0 Å². The molecular weight excluding hydrogens is 257 g/mol. The lowest BCUT2D eigenvalue weighted by molar-refractivity contribution is 0.212. The van der Waals surface area contributed by atoms with Crippen LogP contribution in [0.25, 0.3) is 0 Å². The second-order valence-corrected chi connectivity index (χ2v) is 8.77. The Hall–Kier alpha value is 0.305. The van der Waals surface area contributed by atoms with Gasteiger partial charge in [-0.05, 0) is 26.7 Å². The van der Waals surface area contributed by atoms with Gasteiger partial charge in [0.2, 0.25) is 0 Å². The molecule has 0 N–H and O–H groups in total. The zero-order valence-corrected chi connectivity index (χ0v) is 13.4. The van der Waals surface area contributed by atoms with Crippen molar-refractivity contribution >= 4 is 35.6 Å². The summed E-state index contributed by atoms with van der Waals surface area (Å²) in [4.78, 5) is 2.54. The first-order valence-electron chi connectivity index (χ1n) is 7.53. The summed E-state index contributed by atoms with van der Waals surface area (Å²) in [6.45, 7) is 6.98. The quantitative estimate of drug-likeness (QED) is 0.559. The van der Waals surface area contributed by atoms with Crippen molar-refractivity contribution in [2.24, 2.45) is 0 Å². The molecule has 3 saturated heterocycles. The summed E-state index contributed by atoms with van der Waals surface area (Å²) in [7, 11) is 1.50. The van der Waals surface area contributed by atoms with Crippen LogP contribution < -0.4 is 0 Å². The number of fused-ring (bicyclic) bond motifs is 1. The van der Waals surface area contributed by atoms with Crippen molar-refractivity contribution in [1.29, 1.82) is 0 Å². The molecule has 0 spiro atoms. The number of rotatable bonds is 2. The molecule has 4 rings (SSSR count). The van der Waals surface area contributed by atoms with E-state index in [-0.39, 0.29) is 0 Å². The van der Waals surface area contributed by atoms with Crippen molar-refractivity contribution in [3.8, 4) is 0 Å². The Morgan fingerprint density at radius 1 is 1.56 bits per heavy atom. The molecule has 2 bridgehead atoms. The van der Waals surface area contributed by atoms with Crippen LogP contribution in [0.1, 0.15) is 52.9 Å². The van der Waals surface area contributed by atoms with E-state index < -0.39 is 0 Å². The minimum Gasteiger partial charge on any atom is -0.351 e. The highest BCUT2D eigenvalue weighted by molar-refractivity contribution is 8.23. The van der Waals surface area contributed by atoms with E-state index in [4.69, 9.17) is 12.2 Å². The van der Waals surface area contributed by atoms with E-state index in [1.54, 1.807) is 0 Å². The van der Waals surface area contributed by atoms with Gasteiger partial charge in [-0.1, -0.05) is 61.3 Å². The molecule has 0 amide bonds. The molecule has 0 aromatic carbocycles. The monoisotopic (exact) mass is 281 g/mol.